The molecule has 1 aromatic carbocycles. The van der Waals surface area contributed by atoms with Crippen LogP contribution in [0.1, 0.15) is 9.67 Å². The largest absolute Gasteiger partial charge is 0.497 e. The molecule has 0 amide bonds. The summed E-state index contributed by atoms with van der Waals surface area (Å²) in [5, 5.41) is 0. The van der Waals surface area contributed by atoms with Gasteiger partial charge in [0.2, 0.25) is 0 Å². The second-order valence-electron chi connectivity index (χ2n) is 4.32. The van der Waals surface area contributed by atoms with E-state index >= 15 is 0 Å². The van der Waals surface area contributed by atoms with Crippen molar-refractivity contribution in [3.05, 3.63) is 29.8 Å². The van der Waals surface area contributed by atoms with Crippen LogP contribution in [0.2, 0.25) is 19.6 Å². The first-order chi connectivity index (χ1) is 6.92. The number of ether oxygens (including phenoxy) is 1. The van der Waals surface area contributed by atoms with Crippen molar-refractivity contribution in [2.45, 2.75) is 23.8 Å². The molecule has 0 aliphatic carbocycles. The van der Waals surface area contributed by atoms with Gasteiger partial charge in [-0.3, -0.25) is 0 Å². The van der Waals surface area contributed by atoms with Crippen LogP contribution >= 0.6 is 22.6 Å². The molecule has 0 heterocycles. The van der Waals surface area contributed by atoms with Gasteiger partial charge in [0.05, 0.1) is 7.11 Å². The summed E-state index contributed by atoms with van der Waals surface area (Å²) in [6, 6.07) is 8.04. The number of halogens is 1. The van der Waals surface area contributed by atoms with Gasteiger partial charge in [-0.1, -0.05) is 12.1 Å². The quantitative estimate of drug-likeness (QED) is 0.470. The van der Waals surface area contributed by atoms with Gasteiger partial charge in [0.1, 0.15) is 9.86 Å². The fourth-order valence-corrected chi connectivity index (χ4v) is 4.59. The molecule has 0 spiro atoms. The van der Waals surface area contributed by atoms with Crippen molar-refractivity contribution in [1.82, 2.24) is 0 Å². The molecule has 0 saturated heterocycles. The van der Waals surface area contributed by atoms with Crippen molar-refractivity contribution in [3.8, 4) is 5.75 Å². The minimum Gasteiger partial charge on any atom is -0.497 e. The molecule has 1 atom stereocenters. The molecule has 0 aromatic heterocycles. The van der Waals surface area contributed by atoms with Gasteiger partial charge in [-0.05, 0) is 59.9 Å². The van der Waals surface area contributed by atoms with Gasteiger partial charge in [0.15, 0.2) is 8.32 Å². The number of hydrogen-bond acceptors (Lipinski definition) is 2. The molecule has 0 saturated carbocycles. The topological polar surface area (TPSA) is 18.5 Å². The molecule has 0 bridgehead atoms. The summed E-state index contributed by atoms with van der Waals surface area (Å²) in [5.41, 5.74) is 1.19. The second kappa shape index (κ2) is 5.31. The third kappa shape index (κ3) is 4.52. The molecule has 0 aliphatic rings. The van der Waals surface area contributed by atoms with Crippen molar-refractivity contribution in [2.24, 2.45) is 0 Å². The molecule has 0 N–H and O–H groups in total. The number of hydrogen-bond donors (Lipinski definition) is 0. The predicted molar refractivity (Wildman–Crippen MR) is 74.2 cm³/mol. The molecule has 15 heavy (non-hydrogen) atoms. The standard InChI is InChI=1S/C11H17IO2Si/c1-13-10-7-5-9(6-8-10)11(12)14-15(2,3)4/h5-8,11H,1-4H3. The molecule has 0 fully saturated rings. The highest BCUT2D eigenvalue weighted by Crippen LogP contribution is 2.29. The van der Waals surface area contributed by atoms with Gasteiger partial charge >= 0.3 is 0 Å². The molecule has 84 valence electrons. The Kier molecular flexibility index (Phi) is 4.60. The lowest BCUT2D eigenvalue weighted by Crippen LogP contribution is -2.25. The molecule has 2 nitrogen and oxygen atoms in total. The highest BCUT2D eigenvalue weighted by molar-refractivity contribution is 14.1. The summed E-state index contributed by atoms with van der Waals surface area (Å²) in [4.78, 5) is 0. The maximum atomic E-state index is 5.98. The highest BCUT2D eigenvalue weighted by Gasteiger charge is 2.20. The zero-order valence-electron chi connectivity index (χ0n) is 9.58. The van der Waals surface area contributed by atoms with Crippen LogP contribution in [-0.2, 0) is 4.43 Å². The molecule has 1 unspecified atom stereocenters. The van der Waals surface area contributed by atoms with E-state index in [-0.39, 0.29) is 4.11 Å². The predicted octanol–water partition coefficient (Wildman–Crippen LogP) is 3.98. The van der Waals surface area contributed by atoms with Gasteiger partial charge in [0, 0.05) is 0 Å². The summed E-state index contributed by atoms with van der Waals surface area (Å²) in [5.74, 6) is 0.885. The first kappa shape index (κ1) is 13.0. The van der Waals surface area contributed by atoms with E-state index in [1.807, 2.05) is 12.1 Å². The minimum absolute atomic E-state index is 0.139. The van der Waals surface area contributed by atoms with Crippen LogP contribution in [0, 0.1) is 0 Å². The number of benzene rings is 1. The smallest absolute Gasteiger partial charge is 0.185 e. The number of alkyl halides is 1. The van der Waals surface area contributed by atoms with E-state index in [0.29, 0.717) is 0 Å². The Morgan fingerprint density at radius 1 is 1.13 bits per heavy atom. The minimum atomic E-state index is -1.46. The van der Waals surface area contributed by atoms with Gasteiger partial charge in [0.25, 0.3) is 0 Å². The zero-order valence-corrected chi connectivity index (χ0v) is 12.7. The maximum Gasteiger partial charge on any atom is 0.185 e. The lowest BCUT2D eigenvalue weighted by atomic mass is 10.2. The molecule has 4 heteroatoms. The molecular formula is C11H17IO2Si. The van der Waals surface area contributed by atoms with Crippen LogP contribution in [0.3, 0.4) is 0 Å². The van der Waals surface area contributed by atoms with E-state index in [1.165, 1.54) is 5.56 Å². The number of methoxy groups -OCH3 is 1. The van der Waals surface area contributed by atoms with E-state index in [4.69, 9.17) is 9.16 Å². The summed E-state index contributed by atoms with van der Waals surface area (Å²) in [6.07, 6.45) is 0. The van der Waals surface area contributed by atoms with Crippen LogP contribution in [-0.4, -0.2) is 15.4 Å². The lowest BCUT2D eigenvalue weighted by Gasteiger charge is -2.22. The number of rotatable bonds is 4. The van der Waals surface area contributed by atoms with Crippen LogP contribution in [0.25, 0.3) is 0 Å². The second-order valence-corrected chi connectivity index (χ2v) is 9.91. The van der Waals surface area contributed by atoms with Gasteiger partial charge in [-0.25, -0.2) is 0 Å². The van der Waals surface area contributed by atoms with E-state index in [1.54, 1.807) is 7.11 Å². The summed E-state index contributed by atoms with van der Waals surface area (Å²) in [7, 11) is 0.212. The van der Waals surface area contributed by atoms with Gasteiger partial charge in [-0.15, -0.1) is 0 Å². The third-order valence-electron chi connectivity index (χ3n) is 1.83. The Labute approximate surface area is 106 Å². The van der Waals surface area contributed by atoms with Crippen molar-refractivity contribution in [2.75, 3.05) is 7.11 Å². The van der Waals surface area contributed by atoms with Crippen molar-refractivity contribution in [3.63, 3.8) is 0 Å². The van der Waals surface area contributed by atoms with E-state index < -0.39 is 8.32 Å². The first-order valence-corrected chi connectivity index (χ1v) is 9.53. The SMILES string of the molecule is COc1ccc(C(I)O[Si](C)(C)C)cc1. The monoisotopic (exact) mass is 336 g/mol. The van der Waals surface area contributed by atoms with Crippen LogP contribution in [0.4, 0.5) is 0 Å². The van der Waals surface area contributed by atoms with Crippen molar-refractivity contribution >= 4 is 30.9 Å². The maximum absolute atomic E-state index is 5.98. The Bertz CT molecular complexity index is 305. The Balaban J connectivity index is 2.70. The van der Waals surface area contributed by atoms with E-state index in [9.17, 15) is 0 Å². The van der Waals surface area contributed by atoms with Crippen LogP contribution in [0.15, 0.2) is 24.3 Å². The Morgan fingerprint density at radius 3 is 2.07 bits per heavy atom. The zero-order chi connectivity index (χ0) is 11.5. The molecule has 1 rings (SSSR count). The van der Waals surface area contributed by atoms with Gasteiger partial charge in [-0.2, -0.15) is 0 Å². The van der Waals surface area contributed by atoms with Crippen molar-refractivity contribution < 1.29 is 9.16 Å². The Morgan fingerprint density at radius 2 is 1.67 bits per heavy atom. The highest BCUT2D eigenvalue weighted by atomic mass is 127. The lowest BCUT2D eigenvalue weighted by molar-refractivity contribution is 0.303. The molecule has 0 radical (unpaired) electrons. The molecule has 1 aromatic rings. The average Bonchev–Trinajstić information content (AvgIpc) is 2.15. The van der Waals surface area contributed by atoms with E-state index in [2.05, 4.69) is 54.4 Å². The van der Waals surface area contributed by atoms with Crippen molar-refractivity contribution in [1.29, 1.82) is 0 Å². The summed E-state index contributed by atoms with van der Waals surface area (Å²) < 4.78 is 11.2. The van der Waals surface area contributed by atoms with Crippen LogP contribution < -0.4 is 4.74 Å². The summed E-state index contributed by atoms with van der Waals surface area (Å²) >= 11 is 2.33. The fraction of sp³-hybridized carbons (Fsp3) is 0.455. The third-order valence-corrected chi connectivity index (χ3v) is 4.23. The van der Waals surface area contributed by atoms with E-state index in [0.717, 1.165) is 5.75 Å². The van der Waals surface area contributed by atoms with Crippen LogP contribution in [0.5, 0.6) is 5.75 Å². The van der Waals surface area contributed by atoms with Gasteiger partial charge < -0.3 is 9.16 Å². The first-order valence-electron chi connectivity index (χ1n) is 4.88. The fourth-order valence-electron chi connectivity index (χ4n) is 1.13. The Hall–Kier alpha value is -0.0731. The molecular weight excluding hydrogens is 319 g/mol. The summed E-state index contributed by atoms with van der Waals surface area (Å²) in [6.45, 7) is 6.59. The normalized spacial score (nSPS) is 13.7. The average molecular weight is 336 g/mol. The molecule has 0 aliphatic heterocycles.